The van der Waals surface area contributed by atoms with E-state index in [2.05, 4.69) is 30.6 Å². The lowest BCUT2D eigenvalue weighted by Gasteiger charge is -2.24. The molecule has 0 aliphatic heterocycles. The summed E-state index contributed by atoms with van der Waals surface area (Å²) in [6.07, 6.45) is 2.32. The van der Waals surface area contributed by atoms with Gasteiger partial charge in [-0.3, -0.25) is 42.7 Å². The lowest BCUT2D eigenvalue weighted by molar-refractivity contribution is -0.142. The Hall–Kier alpha value is -7.29. The standard InChI is InChI=1S/C31H27N11O10/c32-16(11-41-26(46)14-5-1-3-7-17(14)37-29(41)50)23(43)35-19(12-42-27(47)15-6-2-4-8-18(15)38-30(42)51)24(44)36-20(28(48)49)13-40-22-21(33-9-10-34-22)25(45)39-31(40)52/h1-10,16,19-20H,11-13,32H2,(H,35,43)(H,36,44)(H,37,50)(H,38,51)(H,48,49)(H,39,45,52)/t16-,19-,20-/m1/s1. The van der Waals surface area contributed by atoms with Crippen LogP contribution in [0, 0.1) is 0 Å². The molecule has 3 atom stereocenters. The smallest absolute Gasteiger partial charge is 0.330 e. The SMILES string of the molecule is N[C@H](Cn1c(=O)[nH]c2ccccc2c1=O)C(=O)N[C@H](Cn1c(=O)[nH]c2ccccc2c1=O)C(=O)N[C@H](Cn1c(=O)[nH]c(=O)c2nccnc21)C(=O)O. The van der Waals surface area contributed by atoms with E-state index in [1.807, 2.05) is 4.98 Å². The summed E-state index contributed by atoms with van der Waals surface area (Å²) in [4.78, 5) is 131. The number of rotatable bonds is 11. The van der Waals surface area contributed by atoms with Gasteiger partial charge in [-0.2, -0.15) is 0 Å². The molecule has 0 radical (unpaired) electrons. The van der Waals surface area contributed by atoms with Crippen LogP contribution >= 0.6 is 0 Å². The van der Waals surface area contributed by atoms with E-state index in [4.69, 9.17) is 5.73 Å². The first-order valence-electron chi connectivity index (χ1n) is 15.3. The van der Waals surface area contributed by atoms with Crippen molar-refractivity contribution in [1.82, 2.24) is 49.3 Å². The van der Waals surface area contributed by atoms with E-state index in [0.29, 0.717) is 9.13 Å². The number of aliphatic carboxylic acids is 1. The van der Waals surface area contributed by atoms with E-state index in [1.165, 1.54) is 36.5 Å². The molecule has 52 heavy (non-hydrogen) atoms. The van der Waals surface area contributed by atoms with Gasteiger partial charge in [-0.15, -0.1) is 0 Å². The summed E-state index contributed by atoms with van der Waals surface area (Å²) in [7, 11) is 0. The number of para-hydroxylation sites is 2. The van der Waals surface area contributed by atoms with E-state index in [9.17, 15) is 48.3 Å². The molecule has 0 aliphatic rings. The molecule has 21 nitrogen and oxygen atoms in total. The third-order valence-corrected chi connectivity index (χ3v) is 8.09. The predicted octanol–water partition coefficient (Wildman–Crippen LogP) is -3.73. The van der Waals surface area contributed by atoms with Gasteiger partial charge in [0.1, 0.15) is 18.1 Å². The summed E-state index contributed by atoms with van der Waals surface area (Å²) < 4.78 is 2.03. The number of nitrogens with two attached hydrogens (primary N) is 1. The van der Waals surface area contributed by atoms with Crippen LogP contribution in [-0.2, 0) is 34.0 Å². The van der Waals surface area contributed by atoms with Crippen molar-refractivity contribution in [3.63, 3.8) is 0 Å². The van der Waals surface area contributed by atoms with Crippen molar-refractivity contribution in [2.45, 2.75) is 37.8 Å². The van der Waals surface area contributed by atoms with Gasteiger partial charge < -0.3 is 31.4 Å². The molecule has 4 heterocycles. The Bertz CT molecular complexity index is 2780. The van der Waals surface area contributed by atoms with Gasteiger partial charge in [-0.05, 0) is 24.3 Å². The van der Waals surface area contributed by atoms with Crippen molar-refractivity contribution in [1.29, 1.82) is 0 Å². The first kappa shape index (κ1) is 34.6. The normalized spacial score (nSPS) is 13.1. The van der Waals surface area contributed by atoms with Crippen LogP contribution in [0.3, 0.4) is 0 Å². The number of H-pyrrole nitrogens is 3. The number of carboxylic acid groups (broad SMARTS) is 1. The second kappa shape index (κ2) is 13.9. The average molecular weight is 714 g/mol. The maximum atomic E-state index is 13.8. The third kappa shape index (κ3) is 6.65. The van der Waals surface area contributed by atoms with E-state index >= 15 is 0 Å². The molecule has 0 spiro atoms. The van der Waals surface area contributed by atoms with Crippen LogP contribution in [0.2, 0.25) is 0 Å². The Morgan fingerprint density at radius 3 is 1.77 bits per heavy atom. The number of amides is 2. The van der Waals surface area contributed by atoms with Crippen molar-refractivity contribution < 1.29 is 19.5 Å². The Kier molecular flexibility index (Phi) is 9.25. The van der Waals surface area contributed by atoms with Crippen LogP contribution in [0.1, 0.15) is 0 Å². The predicted molar refractivity (Wildman–Crippen MR) is 182 cm³/mol. The number of carboxylic acids is 1. The topological polar surface area (TPSA) is 312 Å². The maximum Gasteiger partial charge on any atom is 0.330 e. The molecular weight excluding hydrogens is 686 g/mol. The second-order valence-corrected chi connectivity index (χ2v) is 11.4. The van der Waals surface area contributed by atoms with Gasteiger partial charge in [0, 0.05) is 12.4 Å². The maximum absolute atomic E-state index is 13.8. The molecule has 4 aromatic heterocycles. The van der Waals surface area contributed by atoms with E-state index in [-0.39, 0.29) is 33.0 Å². The summed E-state index contributed by atoms with van der Waals surface area (Å²) in [5, 5.41) is 14.6. The molecule has 0 bridgehead atoms. The van der Waals surface area contributed by atoms with Gasteiger partial charge in [0.15, 0.2) is 11.2 Å². The molecule has 0 unspecified atom stereocenters. The zero-order valence-corrected chi connectivity index (χ0v) is 26.6. The summed E-state index contributed by atoms with van der Waals surface area (Å²) in [5.74, 6) is -4.04. The number of aromatic amines is 3. The number of hydrogen-bond acceptors (Lipinski definition) is 12. The fourth-order valence-corrected chi connectivity index (χ4v) is 5.48. The van der Waals surface area contributed by atoms with E-state index < -0.39 is 89.3 Å². The molecule has 0 aliphatic carbocycles. The number of nitrogens with one attached hydrogen (secondary N) is 5. The van der Waals surface area contributed by atoms with Crippen LogP contribution in [0.25, 0.3) is 33.0 Å². The van der Waals surface area contributed by atoms with Gasteiger partial charge in [0.05, 0.1) is 41.4 Å². The Labute approximate surface area is 286 Å². The zero-order valence-electron chi connectivity index (χ0n) is 26.6. The zero-order chi connectivity index (χ0) is 37.3. The van der Waals surface area contributed by atoms with Crippen LogP contribution in [0.5, 0.6) is 0 Å². The van der Waals surface area contributed by atoms with Crippen molar-refractivity contribution in [2.24, 2.45) is 5.73 Å². The highest BCUT2D eigenvalue weighted by atomic mass is 16.4. The van der Waals surface area contributed by atoms with Crippen molar-refractivity contribution in [3.05, 3.63) is 123 Å². The number of benzene rings is 2. The number of carbonyl (C=O) groups excluding carboxylic acids is 2. The van der Waals surface area contributed by atoms with Crippen LogP contribution in [0.15, 0.2) is 89.7 Å². The summed E-state index contributed by atoms with van der Waals surface area (Å²) in [6.45, 7) is -2.31. The first-order valence-corrected chi connectivity index (χ1v) is 15.3. The Balaban J connectivity index is 1.33. The molecule has 6 aromatic rings. The summed E-state index contributed by atoms with van der Waals surface area (Å²) in [5.41, 5.74) is 0.478. The minimum absolute atomic E-state index is 0.0491. The van der Waals surface area contributed by atoms with Gasteiger partial charge in [0.25, 0.3) is 16.7 Å². The summed E-state index contributed by atoms with van der Waals surface area (Å²) in [6, 6.07) is 6.62. The van der Waals surface area contributed by atoms with Crippen LogP contribution in [-0.4, -0.2) is 79.6 Å². The van der Waals surface area contributed by atoms with Crippen molar-refractivity contribution >= 4 is 50.8 Å². The number of carbonyl (C=O) groups is 3. The lowest BCUT2D eigenvalue weighted by Crippen LogP contribution is -2.59. The average Bonchev–Trinajstić information content (AvgIpc) is 3.12. The van der Waals surface area contributed by atoms with Crippen molar-refractivity contribution in [3.8, 4) is 0 Å². The van der Waals surface area contributed by atoms with Gasteiger partial charge in [-0.1, -0.05) is 24.3 Å². The highest BCUT2D eigenvalue weighted by molar-refractivity contribution is 5.92. The number of nitrogens with zero attached hydrogens (tertiary/aromatic N) is 5. The van der Waals surface area contributed by atoms with E-state index in [0.717, 1.165) is 10.8 Å². The molecular formula is C31H27N11O10. The molecule has 21 heteroatoms. The molecule has 0 fully saturated rings. The monoisotopic (exact) mass is 713 g/mol. The molecule has 0 saturated carbocycles. The molecule has 8 N–H and O–H groups in total. The molecule has 266 valence electrons. The minimum atomic E-state index is -1.92. The van der Waals surface area contributed by atoms with Crippen molar-refractivity contribution in [2.75, 3.05) is 0 Å². The Morgan fingerprint density at radius 2 is 1.17 bits per heavy atom. The highest BCUT2D eigenvalue weighted by Gasteiger charge is 2.31. The van der Waals surface area contributed by atoms with Gasteiger partial charge >= 0.3 is 23.0 Å². The largest absolute Gasteiger partial charge is 0.480 e. The third-order valence-electron chi connectivity index (χ3n) is 8.09. The quantitative estimate of drug-likeness (QED) is 0.0680. The summed E-state index contributed by atoms with van der Waals surface area (Å²) >= 11 is 0. The molecule has 2 amide bonds. The molecule has 0 saturated heterocycles. The first-order chi connectivity index (χ1) is 24.8. The number of fused-ring (bicyclic) bond motifs is 3. The van der Waals surface area contributed by atoms with Gasteiger partial charge in [0.2, 0.25) is 11.8 Å². The lowest BCUT2D eigenvalue weighted by atomic mass is 10.1. The molecule has 6 rings (SSSR count). The fraction of sp³-hybridized carbons (Fsp3) is 0.194. The Morgan fingerprint density at radius 1 is 0.673 bits per heavy atom. The van der Waals surface area contributed by atoms with Crippen LogP contribution < -0.4 is 50.1 Å². The number of aromatic nitrogens is 8. The van der Waals surface area contributed by atoms with Gasteiger partial charge in [-0.25, -0.2) is 29.1 Å². The van der Waals surface area contributed by atoms with E-state index in [1.54, 1.807) is 18.2 Å². The second-order valence-electron chi connectivity index (χ2n) is 11.4. The molecule has 2 aromatic carbocycles. The van der Waals surface area contributed by atoms with Crippen LogP contribution in [0.4, 0.5) is 0 Å². The highest BCUT2D eigenvalue weighted by Crippen LogP contribution is 2.06. The fourth-order valence-electron chi connectivity index (χ4n) is 5.48. The number of hydrogen-bond donors (Lipinski definition) is 7. The minimum Gasteiger partial charge on any atom is -0.480 e.